The lowest BCUT2D eigenvalue weighted by atomic mass is 10.0. The fourth-order valence-corrected chi connectivity index (χ4v) is 6.65. The van der Waals surface area contributed by atoms with E-state index >= 15 is 0 Å². The van der Waals surface area contributed by atoms with Gasteiger partial charge in [-0.3, -0.25) is 0 Å². The van der Waals surface area contributed by atoms with E-state index in [9.17, 15) is 0 Å². The summed E-state index contributed by atoms with van der Waals surface area (Å²) in [6, 6.07) is 40.6. The largest absolute Gasteiger partial charge is 0.311 e. The molecule has 0 saturated carbocycles. The molecule has 9 aromatic rings. The van der Waals surface area contributed by atoms with Crippen LogP contribution in [0.15, 0.2) is 248 Å². The van der Waals surface area contributed by atoms with Gasteiger partial charge in [0.25, 0.3) is 0 Å². The first-order chi connectivity index (χ1) is 34.5. The van der Waals surface area contributed by atoms with E-state index in [2.05, 4.69) is 0 Å². The lowest BCUT2D eigenvalue weighted by Crippen LogP contribution is -2.10. The van der Waals surface area contributed by atoms with Gasteiger partial charge < -0.3 is 14.7 Å². The van der Waals surface area contributed by atoms with Crippen LogP contribution in [0.5, 0.6) is 0 Å². The quantitative estimate of drug-likeness (QED) is 0.130. The van der Waals surface area contributed by atoms with Gasteiger partial charge in [0.05, 0.1) is 20.6 Å². The Balaban J connectivity index is 1.06. The summed E-state index contributed by atoms with van der Waals surface area (Å²) in [5.41, 5.74) is 6.34. The van der Waals surface area contributed by atoms with Crippen LogP contribution in [0.25, 0.3) is 22.3 Å². The average molecular weight is 747 g/mol. The van der Waals surface area contributed by atoms with Gasteiger partial charge in [0, 0.05) is 51.2 Å². The van der Waals surface area contributed by atoms with Crippen LogP contribution in [-0.2, 0) is 0 Å². The van der Waals surface area contributed by atoms with Crippen molar-refractivity contribution in [3.05, 3.63) is 248 Å². The summed E-state index contributed by atoms with van der Waals surface area (Å²) in [4.78, 5) is 4.86. The van der Waals surface area contributed by atoms with Crippen molar-refractivity contribution >= 4 is 51.2 Å². The summed E-state index contributed by atoms with van der Waals surface area (Å²) >= 11 is 0. The molecule has 0 spiro atoms. The van der Waals surface area contributed by atoms with Gasteiger partial charge >= 0.3 is 0 Å². The number of para-hydroxylation sites is 5. The molecule has 0 radical (unpaired) electrons. The molecule has 0 aliphatic carbocycles. The maximum Gasteiger partial charge on any atom is 0.0645 e. The third kappa shape index (κ3) is 7.68. The van der Waals surface area contributed by atoms with Gasteiger partial charge in [-0.25, -0.2) is 0 Å². The second-order valence-corrected chi connectivity index (χ2v) is 12.8. The molecule has 0 atom stereocenters. The summed E-state index contributed by atoms with van der Waals surface area (Å²) in [6.45, 7) is 0. The molecule has 0 heterocycles. The first-order valence-corrected chi connectivity index (χ1v) is 18.1. The molecule has 272 valence electrons. The molecule has 9 rings (SSSR count). The highest BCUT2D eigenvalue weighted by atomic mass is 15.2. The van der Waals surface area contributed by atoms with Crippen molar-refractivity contribution in [1.82, 2.24) is 0 Å². The van der Waals surface area contributed by atoms with E-state index in [4.69, 9.17) is 20.6 Å². The zero-order valence-electron chi connectivity index (χ0n) is 45.4. The van der Waals surface area contributed by atoms with Crippen molar-refractivity contribution in [1.29, 1.82) is 0 Å². The van der Waals surface area contributed by atoms with E-state index in [1.54, 1.807) is 112 Å². The lowest BCUT2D eigenvalue weighted by molar-refractivity contribution is 1.28. The van der Waals surface area contributed by atoms with Crippen LogP contribution in [-0.4, -0.2) is 0 Å². The molecule has 3 heteroatoms. The van der Waals surface area contributed by atoms with Crippen molar-refractivity contribution in [3.63, 3.8) is 0 Å². The predicted molar refractivity (Wildman–Crippen MR) is 241 cm³/mol. The number of nitrogens with zero attached hydrogens (tertiary/aromatic N) is 3. The Hall–Kier alpha value is -7.62. The Morgan fingerprint density at radius 1 is 0.211 bits per heavy atom. The number of anilines is 9. The molecule has 0 aliphatic rings. The van der Waals surface area contributed by atoms with Crippen molar-refractivity contribution in [2.24, 2.45) is 0 Å². The highest BCUT2D eigenvalue weighted by Gasteiger charge is 2.16. The third-order valence-electron chi connectivity index (χ3n) is 9.33. The minimum absolute atomic E-state index is 0.00333. The number of rotatable bonds is 11. The summed E-state index contributed by atoms with van der Waals surface area (Å²) in [5, 5.41) is 0. The van der Waals surface area contributed by atoms with Gasteiger partial charge in [0.1, 0.15) is 0 Å². The highest BCUT2D eigenvalue weighted by Crippen LogP contribution is 2.39. The summed E-state index contributed by atoms with van der Waals surface area (Å²) in [6.07, 6.45) is 0. The Labute approximate surface area is 356 Å². The van der Waals surface area contributed by atoms with Crippen LogP contribution >= 0.6 is 0 Å². The summed E-state index contributed by atoms with van der Waals surface area (Å²) < 4.78 is 128. The standard InChI is InChI=1S/C54H41N3/c1-6-16-46(17-7-1)55(47-18-8-2-9-19-47)51-34-26-42(27-35-51)44-30-38-53(39-31-44)57(50-24-14-5-15-25-50)54-40-32-45(33-41-54)43-28-36-52(37-29-43)56(48-20-10-3-11-21-48)49-22-12-4-13-23-49/h1-41H/i1D,3D,5D,6D,7D,10D,11D,14D,15D,16D,17D,20D,21D,24D,25D. The van der Waals surface area contributed by atoms with Gasteiger partial charge in [-0.15, -0.1) is 0 Å². The number of hydrogen-bond acceptors (Lipinski definition) is 3. The SMILES string of the molecule is [2H]c1c([2H])c([2H])c(N(c2ccccc2)c2ccc(-c3ccc(N(c4ccc(-c5ccc(N(c6ccccc6)c6c([2H])c([2H])c([2H])c([2H])c6[2H])cc5)cc4)c4c([2H])c([2H])c([2H])c([2H])c4[2H])cc3)cc2)c([2H])c1[2H]. The molecule has 0 fully saturated rings. The molecule has 0 saturated heterocycles. The predicted octanol–water partition coefficient (Wildman–Crippen LogP) is 15.4. The van der Waals surface area contributed by atoms with Crippen LogP contribution in [0.2, 0.25) is 0 Å². The number of hydrogen-bond donors (Lipinski definition) is 0. The Morgan fingerprint density at radius 3 is 0.649 bits per heavy atom. The molecule has 0 aliphatic heterocycles. The maximum absolute atomic E-state index is 8.97. The first-order valence-electron chi connectivity index (χ1n) is 25.6. The Morgan fingerprint density at radius 2 is 0.421 bits per heavy atom. The van der Waals surface area contributed by atoms with Gasteiger partial charge in [0.15, 0.2) is 0 Å². The summed E-state index contributed by atoms with van der Waals surface area (Å²) in [5.74, 6) is 0. The normalized spacial score (nSPS) is 14.5. The zero-order chi connectivity index (χ0) is 51.3. The van der Waals surface area contributed by atoms with E-state index in [-0.39, 0.29) is 41.2 Å². The summed E-state index contributed by atoms with van der Waals surface area (Å²) in [7, 11) is 0. The first kappa shape index (κ1) is 22.1. The van der Waals surface area contributed by atoms with Crippen LogP contribution in [0.1, 0.15) is 20.6 Å². The van der Waals surface area contributed by atoms with Crippen LogP contribution < -0.4 is 14.7 Å². The lowest BCUT2D eigenvalue weighted by Gasteiger charge is -2.26. The van der Waals surface area contributed by atoms with E-state index in [0.29, 0.717) is 34.1 Å². The molecule has 0 bridgehead atoms. The smallest absolute Gasteiger partial charge is 0.0645 e. The van der Waals surface area contributed by atoms with E-state index in [1.807, 2.05) is 60.7 Å². The van der Waals surface area contributed by atoms with E-state index in [0.717, 1.165) is 22.3 Å². The van der Waals surface area contributed by atoms with Gasteiger partial charge in [-0.2, -0.15) is 0 Å². The monoisotopic (exact) mass is 746 g/mol. The zero-order valence-corrected chi connectivity index (χ0v) is 30.4. The fourth-order valence-electron chi connectivity index (χ4n) is 6.65. The van der Waals surface area contributed by atoms with Crippen molar-refractivity contribution in [2.75, 3.05) is 14.7 Å². The van der Waals surface area contributed by atoms with E-state index in [1.165, 1.54) is 0 Å². The van der Waals surface area contributed by atoms with E-state index < -0.39 is 66.5 Å². The fraction of sp³-hybridized carbons (Fsp3) is 0. The van der Waals surface area contributed by atoms with Gasteiger partial charge in [-0.1, -0.05) is 139 Å². The second kappa shape index (κ2) is 16.4. The minimum atomic E-state index is -0.527. The van der Waals surface area contributed by atoms with Crippen molar-refractivity contribution < 1.29 is 20.6 Å². The number of benzene rings is 9. The Kier molecular flexibility index (Phi) is 6.35. The van der Waals surface area contributed by atoms with Crippen LogP contribution in [0, 0.1) is 0 Å². The Bertz CT molecular complexity index is 3220. The average Bonchev–Trinajstić information content (AvgIpc) is 3.42. The second-order valence-electron chi connectivity index (χ2n) is 12.8. The molecule has 0 amide bonds. The minimum Gasteiger partial charge on any atom is -0.311 e. The molecule has 9 aromatic carbocycles. The molecule has 0 unspecified atom stereocenters. The third-order valence-corrected chi connectivity index (χ3v) is 9.33. The highest BCUT2D eigenvalue weighted by molar-refractivity contribution is 5.82. The molecule has 0 N–H and O–H groups in total. The molecule has 57 heavy (non-hydrogen) atoms. The maximum atomic E-state index is 8.97. The molecular formula is C54H41N3. The molecular weight excluding hydrogens is 691 g/mol. The van der Waals surface area contributed by atoms with Gasteiger partial charge in [-0.05, 0) is 131 Å². The molecule has 0 aromatic heterocycles. The van der Waals surface area contributed by atoms with Crippen LogP contribution in [0.4, 0.5) is 51.2 Å². The van der Waals surface area contributed by atoms with Crippen molar-refractivity contribution in [2.45, 2.75) is 0 Å². The topological polar surface area (TPSA) is 9.72 Å². The van der Waals surface area contributed by atoms with Crippen molar-refractivity contribution in [3.8, 4) is 22.3 Å². The molecule has 3 nitrogen and oxygen atoms in total. The van der Waals surface area contributed by atoms with Gasteiger partial charge in [0.2, 0.25) is 0 Å². The van der Waals surface area contributed by atoms with Crippen LogP contribution in [0.3, 0.4) is 0 Å².